The van der Waals surface area contributed by atoms with E-state index in [-0.39, 0.29) is 0 Å². The summed E-state index contributed by atoms with van der Waals surface area (Å²) in [6.45, 7) is 2.21. The average Bonchev–Trinajstić information content (AvgIpc) is 2.13. The Kier molecular flexibility index (Phi) is 4.36. The van der Waals surface area contributed by atoms with Crippen LogP contribution in [0.3, 0.4) is 0 Å². The fourth-order valence-corrected chi connectivity index (χ4v) is 1.52. The maximum absolute atomic E-state index is 12.5. The molecule has 3 nitrogen and oxygen atoms in total. The summed E-state index contributed by atoms with van der Waals surface area (Å²) in [5.74, 6) is 0. The maximum atomic E-state index is 12.5. The Morgan fingerprint density at radius 1 is 1.33 bits per heavy atom. The molecule has 2 atom stereocenters. The van der Waals surface area contributed by atoms with E-state index in [9.17, 15) is 13.2 Å². The molecule has 6 heteroatoms. The van der Waals surface area contributed by atoms with Crippen molar-refractivity contribution in [2.24, 2.45) is 5.73 Å². The summed E-state index contributed by atoms with van der Waals surface area (Å²) >= 11 is 0. The van der Waals surface area contributed by atoms with Crippen LogP contribution in [0.5, 0.6) is 0 Å². The minimum Gasteiger partial charge on any atom is -0.381 e. The lowest BCUT2D eigenvalue weighted by Gasteiger charge is -2.30. The van der Waals surface area contributed by atoms with Crippen molar-refractivity contribution in [2.45, 2.75) is 44.2 Å². The van der Waals surface area contributed by atoms with Crippen LogP contribution < -0.4 is 5.73 Å². The molecule has 0 aromatic rings. The molecule has 1 rings (SSSR count). The van der Waals surface area contributed by atoms with Gasteiger partial charge in [0, 0.05) is 19.3 Å². The van der Waals surface area contributed by atoms with Crippen LogP contribution in [0.1, 0.15) is 19.8 Å². The first-order valence-electron chi connectivity index (χ1n) is 4.96. The lowest BCUT2D eigenvalue weighted by atomic mass is 10.1. The lowest BCUT2D eigenvalue weighted by Crippen LogP contribution is -2.47. The van der Waals surface area contributed by atoms with Crippen molar-refractivity contribution in [3.8, 4) is 0 Å². The second-order valence-corrected chi connectivity index (χ2v) is 3.77. The van der Waals surface area contributed by atoms with Gasteiger partial charge in [-0.2, -0.15) is 13.2 Å². The summed E-state index contributed by atoms with van der Waals surface area (Å²) < 4.78 is 47.5. The molecular weight excluding hydrogens is 211 g/mol. The van der Waals surface area contributed by atoms with Gasteiger partial charge in [-0.05, 0) is 19.8 Å². The molecule has 0 spiro atoms. The molecule has 0 aliphatic carbocycles. The van der Waals surface area contributed by atoms with Gasteiger partial charge in [0.15, 0.2) is 6.10 Å². The number of nitrogens with two attached hydrogens (primary N) is 1. The number of halogens is 3. The number of hydrogen-bond donors (Lipinski definition) is 1. The zero-order chi connectivity index (χ0) is 11.5. The molecule has 1 aliphatic rings. The van der Waals surface area contributed by atoms with Crippen LogP contribution in [0, 0.1) is 0 Å². The smallest absolute Gasteiger partial charge is 0.381 e. The average molecular weight is 227 g/mol. The van der Waals surface area contributed by atoms with Crippen LogP contribution in [0.2, 0.25) is 0 Å². The third-order valence-corrected chi connectivity index (χ3v) is 2.31. The molecule has 1 aliphatic heterocycles. The Balaban J connectivity index is 2.50. The zero-order valence-corrected chi connectivity index (χ0v) is 8.59. The monoisotopic (exact) mass is 227 g/mol. The SMILES string of the molecule is CC(N)C(OC1CCOCC1)C(F)(F)F. The molecule has 0 amide bonds. The highest BCUT2D eigenvalue weighted by molar-refractivity contribution is 4.79. The van der Waals surface area contributed by atoms with Crippen LogP contribution in [-0.4, -0.2) is 37.6 Å². The zero-order valence-electron chi connectivity index (χ0n) is 8.59. The Morgan fingerprint density at radius 2 is 1.87 bits per heavy atom. The summed E-state index contributed by atoms with van der Waals surface area (Å²) in [6, 6.07) is -1.05. The second-order valence-electron chi connectivity index (χ2n) is 3.77. The van der Waals surface area contributed by atoms with E-state index in [0.29, 0.717) is 26.1 Å². The van der Waals surface area contributed by atoms with E-state index in [1.807, 2.05) is 0 Å². The molecule has 2 N–H and O–H groups in total. The molecule has 1 heterocycles. The molecule has 0 radical (unpaired) electrons. The van der Waals surface area contributed by atoms with Crippen molar-refractivity contribution in [3.63, 3.8) is 0 Å². The van der Waals surface area contributed by atoms with Gasteiger partial charge in [-0.3, -0.25) is 0 Å². The van der Waals surface area contributed by atoms with Gasteiger partial charge in [0.25, 0.3) is 0 Å². The molecule has 0 saturated carbocycles. The molecule has 15 heavy (non-hydrogen) atoms. The third kappa shape index (κ3) is 3.96. The molecule has 90 valence electrons. The summed E-state index contributed by atoms with van der Waals surface area (Å²) in [7, 11) is 0. The van der Waals surface area contributed by atoms with Gasteiger partial charge in [-0.1, -0.05) is 0 Å². The summed E-state index contributed by atoms with van der Waals surface area (Å²) in [5, 5.41) is 0. The van der Waals surface area contributed by atoms with Gasteiger partial charge < -0.3 is 15.2 Å². The van der Waals surface area contributed by atoms with Crippen LogP contribution in [0.4, 0.5) is 13.2 Å². The molecular formula is C9H16F3NO2. The van der Waals surface area contributed by atoms with E-state index in [2.05, 4.69) is 0 Å². The Labute approximate surface area is 86.7 Å². The van der Waals surface area contributed by atoms with Crippen molar-refractivity contribution in [1.29, 1.82) is 0 Å². The van der Waals surface area contributed by atoms with E-state index in [4.69, 9.17) is 15.2 Å². The van der Waals surface area contributed by atoms with Crippen LogP contribution in [-0.2, 0) is 9.47 Å². The van der Waals surface area contributed by atoms with Gasteiger partial charge in [0.05, 0.1) is 6.10 Å². The van der Waals surface area contributed by atoms with Crippen molar-refractivity contribution in [1.82, 2.24) is 0 Å². The number of rotatable bonds is 3. The van der Waals surface area contributed by atoms with Crippen molar-refractivity contribution in [3.05, 3.63) is 0 Å². The van der Waals surface area contributed by atoms with Crippen LogP contribution in [0.25, 0.3) is 0 Å². The number of hydrogen-bond acceptors (Lipinski definition) is 3. The molecule has 0 bridgehead atoms. The molecule has 2 unspecified atom stereocenters. The predicted molar refractivity (Wildman–Crippen MR) is 48.4 cm³/mol. The van der Waals surface area contributed by atoms with E-state index in [1.165, 1.54) is 6.92 Å². The Morgan fingerprint density at radius 3 is 2.27 bits per heavy atom. The molecule has 1 fully saturated rings. The Bertz CT molecular complexity index is 190. The highest BCUT2D eigenvalue weighted by atomic mass is 19.4. The lowest BCUT2D eigenvalue weighted by molar-refractivity contribution is -0.243. The van der Waals surface area contributed by atoms with Gasteiger partial charge in [0.1, 0.15) is 0 Å². The van der Waals surface area contributed by atoms with Gasteiger partial charge in [-0.25, -0.2) is 0 Å². The highest BCUT2D eigenvalue weighted by Crippen LogP contribution is 2.27. The summed E-state index contributed by atoms with van der Waals surface area (Å²) in [6.07, 6.45) is -5.66. The molecule has 0 aromatic carbocycles. The van der Waals surface area contributed by atoms with Crippen LogP contribution in [0.15, 0.2) is 0 Å². The number of alkyl halides is 3. The van der Waals surface area contributed by atoms with Crippen molar-refractivity contribution >= 4 is 0 Å². The second kappa shape index (κ2) is 5.14. The summed E-state index contributed by atoms with van der Waals surface area (Å²) in [5.41, 5.74) is 5.26. The number of ether oxygens (including phenoxy) is 2. The highest BCUT2D eigenvalue weighted by Gasteiger charge is 2.44. The van der Waals surface area contributed by atoms with Crippen molar-refractivity contribution in [2.75, 3.05) is 13.2 Å². The van der Waals surface area contributed by atoms with Gasteiger partial charge in [-0.15, -0.1) is 0 Å². The standard InChI is InChI=1S/C9H16F3NO2/c1-6(13)8(9(10,11)12)15-7-2-4-14-5-3-7/h6-8H,2-5,13H2,1H3. The van der Waals surface area contributed by atoms with E-state index in [1.54, 1.807) is 0 Å². The third-order valence-electron chi connectivity index (χ3n) is 2.31. The topological polar surface area (TPSA) is 44.5 Å². The fourth-order valence-electron chi connectivity index (χ4n) is 1.52. The van der Waals surface area contributed by atoms with E-state index in [0.717, 1.165) is 0 Å². The van der Waals surface area contributed by atoms with Gasteiger partial charge >= 0.3 is 6.18 Å². The minimum absolute atomic E-state index is 0.392. The molecule has 0 aromatic heterocycles. The quantitative estimate of drug-likeness (QED) is 0.793. The first-order chi connectivity index (χ1) is 6.91. The maximum Gasteiger partial charge on any atom is 0.416 e. The minimum atomic E-state index is -4.40. The largest absolute Gasteiger partial charge is 0.416 e. The first kappa shape index (κ1) is 12.7. The Hall–Kier alpha value is -0.330. The predicted octanol–water partition coefficient (Wildman–Crippen LogP) is 1.46. The van der Waals surface area contributed by atoms with Crippen LogP contribution >= 0.6 is 0 Å². The van der Waals surface area contributed by atoms with E-state index < -0.39 is 24.4 Å². The van der Waals surface area contributed by atoms with Gasteiger partial charge in [0.2, 0.25) is 0 Å². The van der Waals surface area contributed by atoms with Crippen molar-refractivity contribution < 1.29 is 22.6 Å². The van der Waals surface area contributed by atoms with E-state index >= 15 is 0 Å². The summed E-state index contributed by atoms with van der Waals surface area (Å²) in [4.78, 5) is 0. The normalized spacial score (nSPS) is 23.8. The first-order valence-corrected chi connectivity index (χ1v) is 4.96. The molecule has 1 saturated heterocycles. The fraction of sp³-hybridized carbons (Fsp3) is 1.00.